The van der Waals surface area contributed by atoms with Crippen molar-refractivity contribution in [1.82, 2.24) is 0 Å². The van der Waals surface area contributed by atoms with E-state index in [0.717, 1.165) is 12.0 Å². The van der Waals surface area contributed by atoms with Crippen molar-refractivity contribution in [3.05, 3.63) is 28.8 Å². The first-order valence-corrected chi connectivity index (χ1v) is 5.28. The molecule has 0 saturated heterocycles. The second-order valence-electron chi connectivity index (χ2n) is 5.25. The van der Waals surface area contributed by atoms with Crippen LogP contribution in [0.5, 0.6) is 5.75 Å². The first-order valence-electron chi connectivity index (χ1n) is 5.28. The Morgan fingerprint density at radius 1 is 1.29 bits per heavy atom. The molecule has 0 bridgehead atoms. The van der Waals surface area contributed by atoms with E-state index in [1.54, 1.807) is 0 Å². The zero-order valence-corrected chi connectivity index (χ0v) is 9.39. The van der Waals surface area contributed by atoms with Gasteiger partial charge in [0.25, 0.3) is 0 Å². The van der Waals surface area contributed by atoms with Gasteiger partial charge in [-0.05, 0) is 28.9 Å². The number of phenolic OH excluding ortho intramolecular Hbond substituents is 1. The molecule has 1 nitrogen and oxygen atoms in total. The molecule has 0 aliphatic heterocycles. The van der Waals surface area contributed by atoms with Crippen molar-refractivity contribution in [3.8, 4) is 5.75 Å². The summed E-state index contributed by atoms with van der Waals surface area (Å²) in [4.78, 5) is 0. The number of aromatic hydroxyl groups is 1. The van der Waals surface area contributed by atoms with Crippen molar-refractivity contribution in [2.75, 3.05) is 0 Å². The third kappa shape index (κ3) is 1.15. The summed E-state index contributed by atoms with van der Waals surface area (Å²) >= 11 is 0. The fraction of sp³-hybridized carbons (Fsp3) is 0.538. The van der Waals surface area contributed by atoms with Crippen LogP contribution in [0.1, 0.15) is 50.3 Å². The van der Waals surface area contributed by atoms with Gasteiger partial charge in [-0.1, -0.05) is 39.8 Å². The summed E-state index contributed by atoms with van der Waals surface area (Å²) in [6.07, 6.45) is 1.09. The highest BCUT2D eigenvalue weighted by molar-refractivity contribution is 5.56. The zero-order valence-electron chi connectivity index (χ0n) is 9.39. The molecule has 1 N–H and O–H groups in total. The van der Waals surface area contributed by atoms with Crippen molar-refractivity contribution in [2.45, 2.75) is 45.4 Å². The number of phenols is 1. The van der Waals surface area contributed by atoms with Crippen LogP contribution in [0, 0.1) is 0 Å². The van der Waals surface area contributed by atoms with Gasteiger partial charge in [-0.15, -0.1) is 0 Å². The van der Waals surface area contributed by atoms with Crippen molar-refractivity contribution in [3.63, 3.8) is 0 Å². The van der Waals surface area contributed by atoms with Crippen LogP contribution in [0.3, 0.4) is 0 Å². The van der Waals surface area contributed by atoms with E-state index in [2.05, 4.69) is 39.8 Å². The molecule has 0 fully saturated rings. The van der Waals surface area contributed by atoms with Gasteiger partial charge in [0.1, 0.15) is 5.75 Å². The van der Waals surface area contributed by atoms with E-state index in [4.69, 9.17) is 0 Å². The van der Waals surface area contributed by atoms with Gasteiger partial charge in [-0.25, -0.2) is 0 Å². The van der Waals surface area contributed by atoms with Gasteiger partial charge in [0.15, 0.2) is 0 Å². The van der Waals surface area contributed by atoms with Crippen LogP contribution in [0.15, 0.2) is 12.1 Å². The Morgan fingerprint density at radius 3 is 2.43 bits per heavy atom. The number of fused-ring (bicyclic) bond motifs is 1. The summed E-state index contributed by atoms with van der Waals surface area (Å²) in [5, 5.41) is 10.1. The maximum atomic E-state index is 10.1. The smallest absolute Gasteiger partial charge is 0.123 e. The van der Waals surface area contributed by atoms with Crippen LogP contribution in [-0.4, -0.2) is 5.11 Å². The Bertz CT molecular complexity index is 375. The van der Waals surface area contributed by atoms with Crippen molar-refractivity contribution in [1.29, 1.82) is 0 Å². The van der Waals surface area contributed by atoms with E-state index in [1.807, 2.05) is 0 Å². The zero-order chi connectivity index (χ0) is 10.5. The predicted octanol–water partition coefficient (Wildman–Crippen LogP) is 3.35. The van der Waals surface area contributed by atoms with Crippen molar-refractivity contribution < 1.29 is 5.11 Å². The summed E-state index contributed by atoms with van der Waals surface area (Å²) in [5.41, 5.74) is 3.74. The lowest BCUT2D eigenvalue weighted by Crippen LogP contribution is -2.32. The Kier molecular flexibility index (Phi) is 1.88. The van der Waals surface area contributed by atoms with Crippen LogP contribution >= 0.6 is 0 Å². The lowest BCUT2D eigenvalue weighted by Gasteiger charge is -2.39. The normalized spacial score (nSPS) is 17.8. The van der Waals surface area contributed by atoms with Gasteiger partial charge >= 0.3 is 0 Å². The van der Waals surface area contributed by atoms with Crippen LogP contribution in [0.25, 0.3) is 0 Å². The Labute approximate surface area is 85.8 Å². The van der Waals surface area contributed by atoms with Crippen LogP contribution in [0.2, 0.25) is 0 Å². The molecule has 0 heterocycles. The second kappa shape index (κ2) is 2.75. The van der Waals surface area contributed by atoms with Crippen LogP contribution in [-0.2, 0) is 11.8 Å². The molecule has 0 aromatic heterocycles. The molecule has 76 valence electrons. The summed E-state index contributed by atoms with van der Waals surface area (Å²) < 4.78 is 0. The molecule has 1 heteroatoms. The van der Waals surface area contributed by atoms with Crippen LogP contribution in [0.4, 0.5) is 0 Å². The molecule has 0 atom stereocenters. The lowest BCUT2D eigenvalue weighted by atomic mass is 9.65. The topological polar surface area (TPSA) is 20.2 Å². The minimum absolute atomic E-state index is 0.171. The third-order valence-corrected chi connectivity index (χ3v) is 3.23. The average molecular weight is 190 g/mol. The molecule has 1 aromatic rings. The Morgan fingerprint density at radius 2 is 1.93 bits per heavy atom. The van der Waals surface area contributed by atoms with Gasteiger partial charge in [0, 0.05) is 5.56 Å². The van der Waals surface area contributed by atoms with E-state index in [9.17, 15) is 5.11 Å². The molecule has 1 aliphatic carbocycles. The molecular weight excluding hydrogens is 172 g/mol. The maximum absolute atomic E-state index is 10.1. The number of hydrogen-bond acceptors (Lipinski definition) is 1. The molecule has 0 radical (unpaired) electrons. The number of benzene rings is 1. The monoisotopic (exact) mass is 190 g/mol. The molecule has 0 spiro atoms. The number of rotatable bonds is 1. The summed E-state index contributed by atoms with van der Waals surface area (Å²) in [6.45, 7) is 8.62. The van der Waals surface area contributed by atoms with E-state index in [1.165, 1.54) is 11.1 Å². The highest BCUT2D eigenvalue weighted by Crippen LogP contribution is 2.48. The van der Waals surface area contributed by atoms with Gasteiger partial charge in [-0.3, -0.25) is 0 Å². The van der Waals surface area contributed by atoms with Gasteiger partial charge < -0.3 is 5.11 Å². The van der Waals surface area contributed by atoms with Gasteiger partial charge in [0.05, 0.1) is 0 Å². The molecule has 1 aliphatic rings. The predicted molar refractivity (Wildman–Crippen MR) is 58.9 cm³/mol. The van der Waals surface area contributed by atoms with Crippen molar-refractivity contribution >= 4 is 0 Å². The summed E-state index contributed by atoms with van der Waals surface area (Å²) in [5.74, 6) is 0.936. The molecule has 1 aromatic carbocycles. The third-order valence-electron chi connectivity index (χ3n) is 3.23. The Hall–Kier alpha value is -0.980. The van der Waals surface area contributed by atoms with E-state index in [-0.39, 0.29) is 5.41 Å². The minimum Gasteiger partial charge on any atom is -0.507 e. The van der Waals surface area contributed by atoms with Crippen LogP contribution < -0.4 is 0 Å². The van der Waals surface area contributed by atoms with Gasteiger partial charge in [0.2, 0.25) is 0 Å². The lowest BCUT2D eigenvalue weighted by molar-refractivity contribution is 0.390. The average Bonchev–Trinajstić information content (AvgIpc) is 2.00. The van der Waals surface area contributed by atoms with E-state index in [0.29, 0.717) is 11.7 Å². The highest BCUT2D eigenvalue weighted by Gasteiger charge is 2.37. The van der Waals surface area contributed by atoms with E-state index < -0.39 is 0 Å². The maximum Gasteiger partial charge on any atom is 0.123 e. The highest BCUT2D eigenvalue weighted by atomic mass is 16.3. The molecule has 0 unspecified atom stereocenters. The molecule has 14 heavy (non-hydrogen) atoms. The quantitative estimate of drug-likeness (QED) is 0.720. The molecule has 2 rings (SSSR count). The van der Waals surface area contributed by atoms with Gasteiger partial charge in [-0.2, -0.15) is 0 Å². The SMILES string of the molecule is CC(C)c1ccc2c(c1O)C(C)(C)C2. The first kappa shape index (κ1) is 9.57. The fourth-order valence-corrected chi connectivity index (χ4v) is 2.48. The van der Waals surface area contributed by atoms with E-state index >= 15 is 0 Å². The molecular formula is C13H18O. The second-order valence-corrected chi connectivity index (χ2v) is 5.25. The first-order chi connectivity index (χ1) is 6.43. The fourth-order valence-electron chi connectivity index (χ4n) is 2.48. The largest absolute Gasteiger partial charge is 0.507 e. The molecule has 0 amide bonds. The standard InChI is InChI=1S/C13H18O/c1-8(2)10-6-5-9-7-13(3,4)11(9)12(10)14/h5-6,8,14H,7H2,1-4H3. The minimum atomic E-state index is 0.171. The molecule has 0 saturated carbocycles. The summed E-state index contributed by atoms with van der Waals surface area (Å²) in [6, 6.07) is 4.23. The Balaban J connectivity index is 2.57. The number of hydrogen-bond donors (Lipinski definition) is 1. The summed E-state index contributed by atoms with van der Waals surface area (Å²) in [7, 11) is 0. The van der Waals surface area contributed by atoms with Crippen molar-refractivity contribution in [2.24, 2.45) is 0 Å².